The highest BCUT2D eigenvalue weighted by atomic mass is 32.2. The lowest BCUT2D eigenvalue weighted by Crippen LogP contribution is -2.53. The maximum atomic E-state index is 13.2. The van der Waals surface area contributed by atoms with E-state index in [1.165, 1.54) is 5.56 Å². The summed E-state index contributed by atoms with van der Waals surface area (Å²) in [6, 6.07) is 18.0. The van der Waals surface area contributed by atoms with Crippen molar-refractivity contribution >= 4 is 23.6 Å². The molecular weight excluding hydrogens is 380 g/mol. The van der Waals surface area contributed by atoms with Crippen molar-refractivity contribution in [2.75, 3.05) is 25.4 Å². The van der Waals surface area contributed by atoms with Gasteiger partial charge in [-0.2, -0.15) is 0 Å². The molecule has 2 aliphatic rings. The standard InChI is InChI=1S/C24H28N2O2S/c1-19-6-5-9-21(18-19)23(28)26-16-17-29-24(26)12-14-25(15-13-24)22(27)11-10-20-7-3-2-4-8-20/h2-9,18H,10-17H2,1H3. The van der Waals surface area contributed by atoms with Crippen molar-refractivity contribution in [1.82, 2.24) is 9.80 Å². The Morgan fingerprint density at radius 3 is 2.48 bits per heavy atom. The third-order valence-corrected chi connectivity index (χ3v) is 7.61. The van der Waals surface area contributed by atoms with Crippen LogP contribution in [0.25, 0.3) is 0 Å². The van der Waals surface area contributed by atoms with Gasteiger partial charge >= 0.3 is 0 Å². The number of hydrogen-bond acceptors (Lipinski definition) is 3. The summed E-state index contributed by atoms with van der Waals surface area (Å²) in [6.07, 6.45) is 3.04. The largest absolute Gasteiger partial charge is 0.342 e. The number of amides is 2. The van der Waals surface area contributed by atoms with Gasteiger partial charge in [-0.3, -0.25) is 9.59 Å². The molecule has 0 aliphatic carbocycles. The lowest BCUT2D eigenvalue weighted by Gasteiger charge is -2.44. The van der Waals surface area contributed by atoms with Gasteiger partial charge in [-0.25, -0.2) is 0 Å². The number of hydrogen-bond donors (Lipinski definition) is 0. The molecule has 0 N–H and O–H groups in total. The van der Waals surface area contributed by atoms with Gasteiger partial charge in [0.05, 0.1) is 4.87 Å². The molecule has 152 valence electrons. The maximum Gasteiger partial charge on any atom is 0.255 e. The summed E-state index contributed by atoms with van der Waals surface area (Å²) in [5.74, 6) is 1.32. The smallest absolute Gasteiger partial charge is 0.255 e. The minimum absolute atomic E-state index is 0.127. The Labute approximate surface area is 177 Å². The number of likely N-dealkylation sites (tertiary alicyclic amines) is 1. The van der Waals surface area contributed by atoms with Gasteiger partial charge in [-0.1, -0.05) is 48.0 Å². The second-order valence-corrected chi connectivity index (χ2v) is 9.44. The van der Waals surface area contributed by atoms with E-state index in [0.29, 0.717) is 6.42 Å². The van der Waals surface area contributed by atoms with Gasteiger partial charge in [0.25, 0.3) is 5.91 Å². The summed E-state index contributed by atoms with van der Waals surface area (Å²) in [7, 11) is 0. The molecule has 0 aromatic heterocycles. The Morgan fingerprint density at radius 2 is 1.76 bits per heavy atom. The lowest BCUT2D eigenvalue weighted by atomic mass is 9.99. The second kappa shape index (κ2) is 8.62. The molecule has 4 nitrogen and oxygen atoms in total. The van der Waals surface area contributed by atoms with E-state index in [9.17, 15) is 9.59 Å². The van der Waals surface area contributed by atoms with Crippen LogP contribution < -0.4 is 0 Å². The lowest BCUT2D eigenvalue weighted by molar-refractivity contribution is -0.132. The minimum Gasteiger partial charge on any atom is -0.342 e. The van der Waals surface area contributed by atoms with Gasteiger partial charge in [0.2, 0.25) is 5.91 Å². The van der Waals surface area contributed by atoms with Gasteiger partial charge in [0, 0.05) is 37.4 Å². The Balaban J connectivity index is 1.37. The summed E-state index contributed by atoms with van der Waals surface area (Å²) in [6.45, 7) is 4.28. The van der Waals surface area contributed by atoms with E-state index in [1.54, 1.807) is 0 Å². The van der Waals surface area contributed by atoms with E-state index < -0.39 is 0 Å². The van der Waals surface area contributed by atoms with Crippen molar-refractivity contribution in [2.45, 2.75) is 37.5 Å². The molecule has 29 heavy (non-hydrogen) atoms. The summed E-state index contributed by atoms with van der Waals surface area (Å²) >= 11 is 1.89. The van der Waals surface area contributed by atoms with Crippen LogP contribution in [0.2, 0.25) is 0 Å². The Hall–Kier alpha value is -2.27. The molecule has 0 atom stereocenters. The van der Waals surface area contributed by atoms with Crippen molar-refractivity contribution in [1.29, 1.82) is 0 Å². The molecule has 2 amide bonds. The molecule has 0 radical (unpaired) electrons. The second-order valence-electron chi connectivity index (χ2n) is 7.99. The van der Waals surface area contributed by atoms with Crippen LogP contribution in [-0.4, -0.2) is 51.9 Å². The zero-order chi connectivity index (χ0) is 20.3. The van der Waals surface area contributed by atoms with E-state index in [2.05, 4.69) is 17.0 Å². The third-order valence-electron chi connectivity index (χ3n) is 6.06. The summed E-state index contributed by atoms with van der Waals surface area (Å²) in [5, 5.41) is 0. The van der Waals surface area contributed by atoms with Crippen LogP contribution in [0, 0.1) is 6.92 Å². The number of thioether (sulfide) groups is 1. The molecule has 4 rings (SSSR count). The van der Waals surface area contributed by atoms with E-state index in [-0.39, 0.29) is 16.7 Å². The van der Waals surface area contributed by atoms with E-state index >= 15 is 0 Å². The summed E-state index contributed by atoms with van der Waals surface area (Å²) in [4.78, 5) is 29.8. The number of aryl methyl sites for hydroxylation is 2. The van der Waals surface area contributed by atoms with Crippen LogP contribution in [0.3, 0.4) is 0 Å². The fourth-order valence-electron chi connectivity index (χ4n) is 4.40. The third kappa shape index (κ3) is 4.35. The maximum absolute atomic E-state index is 13.2. The Morgan fingerprint density at radius 1 is 1.00 bits per heavy atom. The van der Waals surface area contributed by atoms with Crippen molar-refractivity contribution in [3.8, 4) is 0 Å². The van der Waals surface area contributed by atoms with Crippen molar-refractivity contribution in [3.05, 3.63) is 71.3 Å². The van der Waals surface area contributed by atoms with E-state index in [1.807, 2.05) is 66.1 Å². The first kappa shape index (κ1) is 20.0. The first-order valence-corrected chi connectivity index (χ1v) is 11.4. The number of nitrogens with zero attached hydrogens (tertiary/aromatic N) is 2. The van der Waals surface area contributed by atoms with Gasteiger partial charge < -0.3 is 9.80 Å². The molecule has 2 saturated heterocycles. The first-order chi connectivity index (χ1) is 14.1. The molecule has 2 aliphatic heterocycles. The normalized spacial score (nSPS) is 18.2. The molecule has 2 aromatic rings. The van der Waals surface area contributed by atoms with Crippen LogP contribution in [0.15, 0.2) is 54.6 Å². The number of carbonyl (C=O) groups is 2. The molecule has 0 bridgehead atoms. The monoisotopic (exact) mass is 408 g/mol. The predicted molar refractivity (Wildman–Crippen MR) is 118 cm³/mol. The van der Waals surface area contributed by atoms with Gasteiger partial charge in [-0.05, 0) is 43.9 Å². The van der Waals surface area contributed by atoms with Crippen LogP contribution in [0.4, 0.5) is 0 Å². The molecule has 2 heterocycles. The fourth-order valence-corrected chi connectivity index (χ4v) is 5.86. The van der Waals surface area contributed by atoms with Crippen LogP contribution >= 0.6 is 11.8 Å². The quantitative estimate of drug-likeness (QED) is 0.764. The highest BCUT2D eigenvalue weighted by Crippen LogP contribution is 2.44. The number of carbonyl (C=O) groups excluding carboxylic acids is 2. The number of benzene rings is 2. The minimum atomic E-state index is -0.156. The van der Waals surface area contributed by atoms with Crippen LogP contribution in [0.5, 0.6) is 0 Å². The summed E-state index contributed by atoms with van der Waals surface area (Å²) < 4.78 is 0. The molecule has 2 fully saturated rings. The average Bonchev–Trinajstić information content (AvgIpc) is 3.15. The molecule has 1 spiro atoms. The van der Waals surface area contributed by atoms with Crippen molar-refractivity contribution < 1.29 is 9.59 Å². The Kier molecular flexibility index (Phi) is 5.95. The molecule has 0 unspecified atom stereocenters. The number of rotatable bonds is 4. The molecule has 0 saturated carbocycles. The molecule has 5 heteroatoms. The first-order valence-electron chi connectivity index (χ1n) is 10.4. The van der Waals surface area contributed by atoms with E-state index in [4.69, 9.17) is 0 Å². The van der Waals surface area contributed by atoms with E-state index in [0.717, 1.165) is 55.8 Å². The highest BCUT2D eigenvalue weighted by Gasteiger charge is 2.46. The van der Waals surface area contributed by atoms with Gasteiger partial charge in [0.1, 0.15) is 0 Å². The van der Waals surface area contributed by atoms with Crippen LogP contribution in [0.1, 0.15) is 40.7 Å². The van der Waals surface area contributed by atoms with Crippen molar-refractivity contribution in [3.63, 3.8) is 0 Å². The average molecular weight is 409 g/mol. The highest BCUT2D eigenvalue weighted by molar-refractivity contribution is 8.00. The zero-order valence-electron chi connectivity index (χ0n) is 17.0. The topological polar surface area (TPSA) is 40.6 Å². The summed E-state index contributed by atoms with van der Waals surface area (Å²) in [5.41, 5.74) is 3.08. The SMILES string of the molecule is Cc1cccc(C(=O)N2CCSC23CCN(C(=O)CCc2ccccc2)CC3)c1. The Bertz CT molecular complexity index is 875. The predicted octanol–water partition coefficient (Wildman–Crippen LogP) is 4.14. The van der Waals surface area contributed by atoms with Gasteiger partial charge in [0.15, 0.2) is 0 Å². The molecule has 2 aromatic carbocycles. The zero-order valence-corrected chi connectivity index (χ0v) is 17.8. The number of piperidine rings is 1. The molecular formula is C24H28N2O2S. The van der Waals surface area contributed by atoms with Crippen LogP contribution in [-0.2, 0) is 11.2 Å². The van der Waals surface area contributed by atoms with Gasteiger partial charge in [-0.15, -0.1) is 11.8 Å². The van der Waals surface area contributed by atoms with Crippen molar-refractivity contribution in [2.24, 2.45) is 0 Å². The fraction of sp³-hybridized carbons (Fsp3) is 0.417.